The second kappa shape index (κ2) is 9.34. The second-order valence-electron chi connectivity index (χ2n) is 7.47. The molecule has 1 aliphatic rings. The van der Waals surface area contributed by atoms with Crippen LogP contribution in [0.3, 0.4) is 0 Å². The molecule has 2 aromatic carbocycles. The highest BCUT2D eigenvalue weighted by molar-refractivity contribution is 7.80. The molecular formula is C22H28FN3OS. The van der Waals surface area contributed by atoms with E-state index in [1.54, 1.807) is 13.0 Å². The van der Waals surface area contributed by atoms with Crippen molar-refractivity contribution >= 4 is 28.7 Å². The Kier molecular flexibility index (Phi) is 6.86. The SMILES string of the molecule is Cc1ccc(NC(=S)N(Cc2ccc(N(C)C)cc2)C[C@@H]2CCCO2)cc1F. The Balaban J connectivity index is 1.73. The third-order valence-electron chi connectivity index (χ3n) is 4.98. The van der Waals surface area contributed by atoms with Gasteiger partial charge in [-0.25, -0.2) is 4.39 Å². The number of rotatable bonds is 6. The van der Waals surface area contributed by atoms with Crippen molar-refractivity contribution in [1.29, 1.82) is 0 Å². The number of benzene rings is 2. The first-order valence-electron chi connectivity index (χ1n) is 9.62. The van der Waals surface area contributed by atoms with E-state index >= 15 is 0 Å². The van der Waals surface area contributed by atoms with Gasteiger partial charge in [-0.1, -0.05) is 18.2 Å². The average molecular weight is 402 g/mol. The summed E-state index contributed by atoms with van der Waals surface area (Å²) in [7, 11) is 4.05. The van der Waals surface area contributed by atoms with Gasteiger partial charge in [-0.15, -0.1) is 0 Å². The van der Waals surface area contributed by atoms with Crippen molar-refractivity contribution in [2.45, 2.75) is 32.4 Å². The van der Waals surface area contributed by atoms with Crippen molar-refractivity contribution in [3.63, 3.8) is 0 Å². The van der Waals surface area contributed by atoms with E-state index in [4.69, 9.17) is 17.0 Å². The molecule has 6 heteroatoms. The van der Waals surface area contributed by atoms with Crippen molar-refractivity contribution in [2.24, 2.45) is 0 Å². The zero-order chi connectivity index (χ0) is 20.1. The molecule has 3 rings (SSSR count). The van der Waals surface area contributed by atoms with Crippen LogP contribution in [-0.2, 0) is 11.3 Å². The molecule has 1 atom stereocenters. The number of anilines is 2. The normalized spacial score (nSPS) is 16.1. The monoisotopic (exact) mass is 401 g/mol. The minimum atomic E-state index is -0.238. The standard InChI is InChI=1S/C22H28FN3OS/c1-16-6-9-18(13-21(16)23)24-22(28)26(15-20-5-4-12-27-20)14-17-7-10-19(11-8-17)25(2)3/h6-11,13,20H,4-5,12,14-15H2,1-3H3,(H,24,28)/t20-/m0/s1. The molecule has 1 saturated heterocycles. The maximum atomic E-state index is 13.9. The largest absolute Gasteiger partial charge is 0.378 e. The molecule has 1 N–H and O–H groups in total. The van der Waals surface area contributed by atoms with Crippen molar-refractivity contribution in [1.82, 2.24) is 4.90 Å². The summed E-state index contributed by atoms with van der Waals surface area (Å²) < 4.78 is 19.7. The van der Waals surface area contributed by atoms with E-state index in [1.807, 2.05) is 20.2 Å². The third kappa shape index (κ3) is 5.42. The van der Waals surface area contributed by atoms with E-state index in [2.05, 4.69) is 39.4 Å². The highest BCUT2D eigenvalue weighted by Crippen LogP contribution is 2.19. The Morgan fingerprint density at radius 1 is 1.21 bits per heavy atom. The fraction of sp³-hybridized carbons (Fsp3) is 0.409. The van der Waals surface area contributed by atoms with E-state index in [0.717, 1.165) is 31.7 Å². The summed E-state index contributed by atoms with van der Waals surface area (Å²) in [5.41, 5.74) is 3.61. The van der Waals surface area contributed by atoms with Crippen molar-refractivity contribution in [2.75, 3.05) is 37.5 Å². The fourth-order valence-corrected chi connectivity index (χ4v) is 3.50. The molecular weight excluding hydrogens is 373 g/mol. The van der Waals surface area contributed by atoms with Crippen LogP contribution >= 0.6 is 12.2 Å². The number of hydrogen-bond donors (Lipinski definition) is 1. The van der Waals surface area contributed by atoms with Crippen LogP contribution < -0.4 is 10.2 Å². The first kappa shape index (κ1) is 20.6. The number of hydrogen-bond acceptors (Lipinski definition) is 3. The van der Waals surface area contributed by atoms with Gasteiger partial charge in [0.1, 0.15) is 5.82 Å². The predicted molar refractivity (Wildman–Crippen MR) is 118 cm³/mol. The number of ether oxygens (including phenoxy) is 1. The molecule has 4 nitrogen and oxygen atoms in total. The van der Waals surface area contributed by atoms with Crippen LogP contribution in [-0.4, -0.2) is 43.4 Å². The van der Waals surface area contributed by atoms with E-state index in [9.17, 15) is 4.39 Å². The zero-order valence-electron chi connectivity index (χ0n) is 16.7. The van der Waals surface area contributed by atoms with E-state index < -0.39 is 0 Å². The molecule has 0 saturated carbocycles. The van der Waals surface area contributed by atoms with Gasteiger partial charge >= 0.3 is 0 Å². The number of nitrogens with one attached hydrogen (secondary N) is 1. The molecule has 1 heterocycles. The van der Waals surface area contributed by atoms with E-state index in [1.165, 1.54) is 11.6 Å². The molecule has 150 valence electrons. The lowest BCUT2D eigenvalue weighted by Gasteiger charge is -2.28. The second-order valence-corrected chi connectivity index (χ2v) is 7.86. The molecule has 0 unspecified atom stereocenters. The Morgan fingerprint density at radius 2 is 1.96 bits per heavy atom. The molecule has 1 aliphatic heterocycles. The van der Waals surface area contributed by atoms with Crippen LogP contribution in [0.5, 0.6) is 0 Å². The molecule has 0 bridgehead atoms. The first-order chi connectivity index (χ1) is 13.4. The maximum absolute atomic E-state index is 13.9. The highest BCUT2D eigenvalue weighted by Gasteiger charge is 2.21. The molecule has 28 heavy (non-hydrogen) atoms. The van der Waals surface area contributed by atoms with Gasteiger partial charge in [0.05, 0.1) is 6.10 Å². The van der Waals surface area contributed by atoms with Gasteiger partial charge < -0.3 is 19.9 Å². The van der Waals surface area contributed by atoms with Crippen LogP contribution in [0.25, 0.3) is 0 Å². The summed E-state index contributed by atoms with van der Waals surface area (Å²) in [6.45, 7) is 3.95. The smallest absolute Gasteiger partial charge is 0.173 e. The molecule has 0 aromatic heterocycles. The van der Waals surface area contributed by atoms with Gasteiger partial charge in [0.25, 0.3) is 0 Å². The summed E-state index contributed by atoms with van der Waals surface area (Å²) >= 11 is 5.66. The Bertz CT molecular complexity index is 804. The molecule has 0 spiro atoms. The number of halogens is 1. The summed E-state index contributed by atoms with van der Waals surface area (Å²) in [5.74, 6) is -0.238. The van der Waals surface area contributed by atoms with Crippen molar-refractivity contribution < 1.29 is 9.13 Å². The number of aryl methyl sites for hydroxylation is 1. The zero-order valence-corrected chi connectivity index (χ0v) is 17.6. The lowest BCUT2D eigenvalue weighted by Crippen LogP contribution is -2.39. The Labute approximate surface area is 172 Å². The van der Waals surface area contributed by atoms with Crippen LogP contribution in [0, 0.1) is 12.7 Å². The minimum absolute atomic E-state index is 0.176. The maximum Gasteiger partial charge on any atom is 0.173 e. The van der Waals surface area contributed by atoms with Crippen molar-refractivity contribution in [3.05, 3.63) is 59.4 Å². The molecule has 0 aliphatic carbocycles. The van der Waals surface area contributed by atoms with Gasteiger partial charge in [-0.05, 0) is 67.4 Å². The summed E-state index contributed by atoms with van der Waals surface area (Å²) in [5, 5.41) is 3.77. The molecule has 0 amide bonds. The van der Waals surface area contributed by atoms with Crippen LogP contribution in [0.15, 0.2) is 42.5 Å². The van der Waals surface area contributed by atoms with Gasteiger partial charge in [0, 0.05) is 45.2 Å². The van der Waals surface area contributed by atoms with Crippen molar-refractivity contribution in [3.8, 4) is 0 Å². The van der Waals surface area contributed by atoms with E-state index in [0.29, 0.717) is 22.9 Å². The van der Waals surface area contributed by atoms with Gasteiger partial charge in [0.15, 0.2) is 5.11 Å². The quantitative estimate of drug-likeness (QED) is 0.716. The molecule has 2 aromatic rings. The molecule has 1 fully saturated rings. The van der Waals surface area contributed by atoms with Gasteiger partial charge in [0.2, 0.25) is 0 Å². The van der Waals surface area contributed by atoms with Crippen LogP contribution in [0.1, 0.15) is 24.0 Å². The summed E-state index contributed by atoms with van der Waals surface area (Å²) in [4.78, 5) is 4.18. The lowest BCUT2D eigenvalue weighted by atomic mass is 10.1. The van der Waals surface area contributed by atoms with E-state index in [-0.39, 0.29) is 11.9 Å². The summed E-state index contributed by atoms with van der Waals surface area (Å²) in [6, 6.07) is 13.5. The van der Waals surface area contributed by atoms with Crippen LogP contribution in [0.4, 0.5) is 15.8 Å². The predicted octanol–water partition coefficient (Wildman–Crippen LogP) is 4.58. The lowest BCUT2D eigenvalue weighted by molar-refractivity contribution is 0.0905. The van der Waals surface area contributed by atoms with Gasteiger partial charge in [-0.3, -0.25) is 0 Å². The Morgan fingerprint density at radius 3 is 2.57 bits per heavy atom. The molecule has 0 radical (unpaired) electrons. The van der Waals surface area contributed by atoms with Gasteiger partial charge in [-0.2, -0.15) is 0 Å². The summed E-state index contributed by atoms with van der Waals surface area (Å²) in [6.07, 6.45) is 2.30. The number of nitrogens with zero attached hydrogens (tertiary/aromatic N) is 2. The van der Waals surface area contributed by atoms with Crippen LogP contribution in [0.2, 0.25) is 0 Å². The minimum Gasteiger partial charge on any atom is -0.378 e. The Hall–Kier alpha value is -2.18. The first-order valence-corrected chi connectivity index (χ1v) is 10.0. The topological polar surface area (TPSA) is 27.7 Å². The highest BCUT2D eigenvalue weighted by atomic mass is 32.1. The fourth-order valence-electron chi connectivity index (χ4n) is 3.25. The number of thiocarbonyl (C=S) groups is 1. The average Bonchev–Trinajstić information content (AvgIpc) is 3.18. The third-order valence-corrected chi connectivity index (χ3v) is 5.34.